The van der Waals surface area contributed by atoms with Gasteiger partial charge in [-0.3, -0.25) is 4.79 Å². The second-order valence-corrected chi connectivity index (χ2v) is 4.28. The Balaban J connectivity index is 3.40. The summed E-state index contributed by atoms with van der Waals surface area (Å²) in [6.45, 7) is 7.69. The van der Waals surface area contributed by atoms with Gasteiger partial charge in [-0.05, 0) is 12.3 Å². The van der Waals surface area contributed by atoms with Crippen molar-refractivity contribution in [2.75, 3.05) is 19.7 Å². The molecule has 0 aromatic carbocycles. The highest BCUT2D eigenvalue weighted by Gasteiger charge is 2.04. The molecule has 0 fully saturated rings. The summed E-state index contributed by atoms with van der Waals surface area (Å²) in [4.78, 5) is 11.3. The Morgan fingerprint density at radius 2 is 2.00 bits per heavy atom. The summed E-state index contributed by atoms with van der Waals surface area (Å²) < 4.78 is 0. The Labute approximate surface area is 92.4 Å². The number of carbonyl (C=O) groups excluding carboxylic acids is 1. The van der Waals surface area contributed by atoms with E-state index in [1.807, 2.05) is 6.92 Å². The van der Waals surface area contributed by atoms with E-state index >= 15 is 0 Å². The number of hydrogen-bond donors (Lipinski definition) is 3. The first-order valence-electron chi connectivity index (χ1n) is 5.67. The molecular weight excluding hydrogens is 192 g/mol. The van der Waals surface area contributed by atoms with Crippen LogP contribution in [0.3, 0.4) is 0 Å². The monoisotopic (exact) mass is 216 g/mol. The fourth-order valence-electron chi connectivity index (χ4n) is 1.17. The van der Waals surface area contributed by atoms with Gasteiger partial charge in [-0.25, -0.2) is 0 Å². The van der Waals surface area contributed by atoms with Gasteiger partial charge >= 0.3 is 0 Å². The predicted molar refractivity (Wildman–Crippen MR) is 61.6 cm³/mol. The van der Waals surface area contributed by atoms with Crippen LogP contribution in [0.4, 0.5) is 0 Å². The molecule has 0 aliphatic carbocycles. The second kappa shape index (κ2) is 8.68. The fraction of sp³-hybridized carbons (Fsp3) is 0.909. The van der Waals surface area contributed by atoms with Crippen LogP contribution in [0.25, 0.3) is 0 Å². The number of aliphatic hydroxyl groups excluding tert-OH is 1. The molecule has 1 atom stereocenters. The van der Waals surface area contributed by atoms with E-state index in [0.29, 0.717) is 24.9 Å². The Hall–Kier alpha value is -0.610. The van der Waals surface area contributed by atoms with Crippen LogP contribution in [0, 0.1) is 5.92 Å². The highest BCUT2D eigenvalue weighted by atomic mass is 16.3. The summed E-state index contributed by atoms with van der Waals surface area (Å²) in [5.41, 5.74) is 0. The molecule has 0 rings (SSSR count). The molecule has 0 heterocycles. The third-order valence-corrected chi connectivity index (χ3v) is 2.17. The van der Waals surface area contributed by atoms with E-state index in [1.165, 1.54) is 0 Å². The van der Waals surface area contributed by atoms with Crippen LogP contribution in [-0.2, 0) is 4.79 Å². The van der Waals surface area contributed by atoms with E-state index in [4.69, 9.17) is 5.11 Å². The maximum Gasteiger partial charge on any atom is 0.221 e. The third kappa shape index (κ3) is 9.69. The van der Waals surface area contributed by atoms with Crippen molar-refractivity contribution in [3.05, 3.63) is 0 Å². The van der Waals surface area contributed by atoms with E-state index in [1.54, 1.807) is 0 Å². The van der Waals surface area contributed by atoms with Gasteiger partial charge in [0, 0.05) is 32.2 Å². The average Bonchev–Trinajstić information content (AvgIpc) is 2.14. The average molecular weight is 216 g/mol. The highest BCUT2D eigenvalue weighted by molar-refractivity contribution is 5.76. The summed E-state index contributed by atoms with van der Waals surface area (Å²) >= 11 is 0. The Kier molecular flexibility index (Phi) is 8.33. The van der Waals surface area contributed by atoms with Crippen molar-refractivity contribution in [2.24, 2.45) is 5.92 Å². The minimum Gasteiger partial charge on any atom is -0.396 e. The zero-order valence-corrected chi connectivity index (χ0v) is 10.0. The number of carbonyl (C=O) groups is 1. The Morgan fingerprint density at radius 1 is 1.33 bits per heavy atom. The quantitative estimate of drug-likeness (QED) is 0.554. The van der Waals surface area contributed by atoms with E-state index in [9.17, 15) is 4.79 Å². The number of aliphatic hydroxyl groups is 1. The first kappa shape index (κ1) is 14.4. The summed E-state index contributed by atoms with van der Waals surface area (Å²) in [6, 6.07) is 0.422. The minimum atomic E-state index is 0.0768. The van der Waals surface area contributed by atoms with Gasteiger partial charge in [0.2, 0.25) is 5.91 Å². The predicted octanol–water partition coefficient (Wildman–Crippen LogP) is 0.509. The van der Waals surface area contributed by atoms with Gasteiger partial charge in [-0.1, -0.05) is 20.8 Å². The van der Waals surface area contributed by atoms with Crippen LogP contribution in [0.15, 0.2) is 0 Å². The maximum absolute atomic E-state index is 11.3. The van der Waals surface area contributed by atoms with Crippen molar-refractivity contribution in [2.45, 2.75) is 39.7 Å². The molecule has 0 aromatic rings. The largest absolute Gasteiger partial charge is 0.396 e. The number of hydrogen-bond acceptors (Lipinski definition) is 3. The summed E-state index contributed by atoms with van der Waals surface area (Å²) in [6.07, 6.45) is 1.26. The molecule has 90 valence electrons. The maximum atomic E-state index is 11.3. The van der Waals surface area contributed by atoms with Gasteiger partial charge in [0.1, 0.15) is 0 Å². The molecule has 1 amide bonds. The van der Waals surface area contributed by atoms with Gasteiger partial charge in [0.25, 0.3) is 0 Å². The molecule has 0 aliphatic rings. The van der Waals surface area contributed by atoms with E-state index < -0.39 is 0 Å². The van der Waals surface area contributed by atoms with Gasteiger partial charge < -0.3 is 15.7 Å². The number of nitrogens with one attached hydrogen (secondary N) is 2. The molecule has 15 heavy (non-hydrogen) atoms. The van der Waals surface area contributed by atoms with E-state index in [-0.39, 0.29) is 12.5 Å². The SMILES string of the molecule is CC(CCO)CNC(=O)CCNC(C)C. The normalized spacial score (nSPS) is 12.9. The molecule has 0 saturated heterocycles. The Bertz CT molecular complexity index is 172. The highest BCUT2D eigenvalue weighted by Crippen LogP contribution is 1.97. The standard InChI is InChI=1S/C11H24N2O2/c1-9(2)12-6-4-11(15)13-8-10(3)5-7-14/h9-10,12,14H,4-8H2,1-3H3,(H,13,15). The zero-order valence-electron chi connectivity index (χ0n) is 10.0. The fourth-order valence-corrected chi connectivity index (χ4v) is 1.17. The second-order valence-electron chi connectivity index (χ2n) is 4.28. The molecule has 4 heteroatoms. The molecule has 1 unspecified atom stereocenters. The Morgan fingerprint density at radius 3 is 2.53 bits per heavy atom. The minimum absolute atomic E-state index is 0.0768. The van der Waals surface area contributed by atoms with Gasteiger partial charge in [-0.15, -0.1) is 0 Å². The molecule has 0 radical (unpaired) electrons. The third-order valence-electron chi connectivity index (χ3n) is 2.17. The van der Waals surface area contributed by atoms with Crippen molar-refractivity contribution in [3.63, 3.8) is 0 Å². The summed E-state index contributed by atoms with van der Waals surface area (Å²) in [5.74, 6) is 0.421. The molecule has 3 N–H and O–H groups in total. The van der Waals surface area contributed by atoms with Crippen molar-refractivity contribution >= 4 is 5.91 Å². The lowest BCUT2D eigenvalue weighted by molar-refractivity contribution is -0.121. The lowest BCUT2D eigenvalue weighted by atomic mass is 10.1. The van der Waals surface area contributed by atoms with Gasteiger partial charge in [-0.2, -0.15) is 0 Å². The van der Waals surface area contributed by atoms with Crippen molar-refractivity contribution < 1.29 is 9.90 Å². The van der Waals surface area contributed by atoms with Crippen molar-refractivity contribution in [1.29, 1.82) is 0 Å². The van der Waals surface area contributed by atoms with Crippen LogP contribution >= 0.6 is 0 Å². The molecule has 4 nitrogen and oxygen atoms in total. The molecule has 0 aromatic heterocycles. The van der Waals surface area contributed by atoms with E-state index in [0.717, 1.165) is 13.0 Å². The first-order valence-corrected chi connectivity index (χ1v) is 5.67. The number of amides is 1. The molecule has 0 aliphatic heterocycles. The van der Waals surface area contributed by atoms with Crippen LogP contribution in [0.5, 0.6) is 0 Å². The van der Waals surface area contributed by atoms with Crippen LogP contribution in [-0.4, -0.2) is 36.8 Å². The van der Waals surface area contributed by atoms with E-state index in [2.05, 4.69) is 24.5 Å². The molecular formula is C11H24N2O2. The smallest absolute Gasteiger partial charge is 0.221 e. The van der Waals surface area contributed by atoms with Gasteiger partial charge in [0.05, 0.1) is 0 Å². The van der Waals surface area contributed by atoms with Gasteiger partial charge in [0.15, 0.2) is 0 Å². The molecule has 0 bridgehead atoms. The van der Waals surface area contributed by atoms with Crippen LogP contribution in [0.2, 0.25) is 0 Å². The first-order chi connectivity index (χ1) is 7.06. The van der Waals surface area contributed by atoms with Crippen molar-refractivity contribution in [1.82, 2.24) is 10.6 Å². The van der Waals surface area contributed by atoms with Crippen LogP contribution < -0.4 is 10.6 Å². The molecule has 0 saturated carbocycles. The van der Waals surface area contributed by atoms with Crippen LogP contribution in [0.1, 0.15) is 33.6 Å². The summed E-state index contributed by atoms with van der Waals surface area (Å²) in [7, 11) is 0. The molecule has 0 spiro atoms. The summed E-state index contributed by atoms with van der Waals surface area (Å²) in [5, 5.41) is 14.7. The lowest BCUT2D eigenvalue weighted by Gasteiger charge is -2.12. The van der Waals surface area contributed by atoms with Crippen molar-refractivity contribution in [3.8, 4) is 0 Å². The lowest BCUT2D eigenvalue weighted by Crippen LogP contribution is -2.32. The number of rotatable bonds is 8. The zero-order chi connectivity index (χ0) is 11.7. The topological polar surface area (TPSA) is 61.4 Å².